The van der Waals surface area contributed by atoms with E-state index < -0.39 is 0 Å². The first-order chi connectivity index (χ1) is 9.10. The van der Waals surface area contributed by atoms with E-state index in [9.17, 15) is 15.0 Å². The zero-order chi connectivity index (χ0) is 13.8. The molecule has 2 aromatic carbocycles. The molecule has 0 heterocycles. The first kappa shape index (κ1) is 13.0. The summed E-state index contributed by atoms with van der Waals surface area (Å²) in [4.78, 5) is 12.0. The summed E-state index contributed by atoms with van der Waals surface area (Å²) in [5, 5.41) is 19.0. The Morgan fingerprint density at radius 2 is 1.79 bits per heavy atom. The highest BCUT2D eigenvalue weighted by molar-refractivity contribution is 6.00. The summed E-state index contributed by atoms with van der Waals surface area (Å²) >= 11 is 0. The lowest BCUT2D eigenvalue weighted by Crippen LogP contribution is -2.03. The fourth-order valence-electron chi connectivity index (χ4n) is 1.77. The van der Waals surface area contributed by atoms with Crippen LogP contribution in [0.1, 0.15) is 15.9 Å². The molecule has 0 aliphatic rings. The SMILES string of the molecule is COc1ccc(CC(=O)c2cc(O)ccc2O)cc1. The van der Waals surface area contributed by atoms with Gasteiger partial charge in [-0.2, -0.15) is 0 Å². The van der Waals surface area contributed by atoms with Crippen molar-refractivity contribution in [1.29, 1.82) is 0 Å². The van der Waals surface area contributed by atoms with E-state index in [2.05, 4.69) is 0 Å². The molecule has 2 N–H and O–H groups in total. The minimum absolute atomic E-state index is 0.0455. The number of methoxy groups -OCH3 is 1. The molecular weight excluding hydrogens is 244 g/mol. The lowest BCUT2D eigenvalue weighted by molar-refractivity contribution is 0.0990. The molecule has 4 nitrogen and oxygen atoms in total. The van der Waals surface area contributed by atoms with Gasteiger partial charge >= 0.3 is 0 Å². The zero-order valence-electron chi connectivity index (χ0n) is 10.5. The van der Waals surface area contributed by atoms with Crippen LogP contribution in [0, 0.1) is 0 Å². The van der Waals surface area contributed by atoms with E-state index in [1.165, 1.54) is 18.2 Å². The number of aromatic hydroxyl groups is 2. The quantitative estimate of drug-likeness (QED) is 0.653. The van der Waals surface area contributed by atoms with Crippen LogP contribution in [-0.2, 0) is 6.42 Å². The van der Waals surface area contributed by atoms with Crippen molar-refractivity contribution in [2.24, 2.45) is 0 Å². The van der Waals surface area contributed by atoms with E-state index in [-0.39, 0.29) is 29.3 Å². The Labute approximate surface area is 110 Å². The number of hydrogen-bond donors (Lipinski definition) is 2. The van der Waals surface area contributed by atoms with Crippen LogP contribution < -0.4 is 4.74 Å². The smallest absolute Gasteiger partial charge is 0.171 e. The molecule has 0 unspecified atom stereocenters. The molecule has 2 rings (SSSR count). The third-order valence-corrected chi connectivity index (χ3v) is 2.80. The van der Waals surface area contributed by atoms with Crippen molar-refractivity contribution in [3.05, 3.63) is 53.6 Å². The highest BCUT2D eigenvalue weighted by Crippen LogP contribution is 2.24. The standard InChI is InChI=1S/C15H14O4/c1-19-12-5-2-10(3-6-12)8-15(18)13-9-11(16)4-7-14(13)17/h2-7,9,16-17H,8H2,1H3. The molecule has 0 aliphatic heterocycles. The minimum atomic E-state index is -0.251. The summed E-state index contributed by atoms with van der Waals surface area (Å²) < 4.78 is 5.04. The number of hydrogen-bond acceptors (Lipinski definition) is 4. The van der Waals surface area contributed by atoms with Crippen LogP contribution >= 0.6 is 0 Å². The largest absolute Gasteiger partial charge is 0.508 e. The van der Waals surface area contributed by atoms with Gasteiger partial charge in [0.15, 0.2) is 5.78 Å². The van der Waals surface area contributed by atoms with Gasteiger partial charge in [0.05, 0.1) is 12.7 Å². The molecule has 0 bridgehead atoms. The van der Waals surface area contributed by atoms with Crippen LogP contribution in [0.2, 0.25) is 0 Å². The monoisotopic (exact) mass is 258 g/mol. The molecule has 0 fully saturated rings. The van der Waals surface area contributed by atoms with E-state index in [0.29, 0.717) is 0 Å². The molecule has 0 aliphatic carbocycles. The molecule has 0 saturated carbocycles. The Morgan fingerprint density at radius 1 is 1.11 bits per heavy atom. The summed E-state index contributed by atoms with van der Waals surface area (Å²) in [6, 6.07) is 11.0. The summed E-state index contributed by atoms with van der Waals surface area (Å²) in [6.45, 7) is 0. The average molecular weight is 258 g/mol. The maximum atomic E-state index is 12.0. The zero-order valence-corrected chi connectivity index (χ0v) is 10.5. The van der Waals surface area contributed by atoms with Gasteiger partial charge in [-0.25, -0.2) is 0 Å². The molecule has 0 radical (unpaired) electrons. The van der Waals surface area contributed by atoms with Gasteiger partial charge in [-0.3, -0.25) is 4.79 Å². The lowest BCUT2D eigenvalue weighted by atomic mass is 10.0. The lowest BCUT2D eigenvalue weighted by Gasteiger charge is -2.05. The maximum Gasteiger partial charge on any atom is 0.171 e. The predicted molar refractivity (Wildman–Crippen MR) is 70.8 cm³/mol. The number of rotatable bonds is 4. The first-order valence-corrected chi connectivity index (χ1v) is 5.78. The van der Waals surface area contributed by atoms with Crippen LogP contribution in [0.5, 0.6) is 17.2 Å². The number of carbonyl (C=O) groups is 1. The van der Waals surface area contributed by atoms with Crippen LogP contribution in [-0.4, -0.2) is 23.1 Å². The number of carbonyl (C=O) groups excluding carboxylic acids is 1. The molecule has 0 atom stereocenters. The molecular formula is C15H14O4. The first-order valence-electron chi connectivity index (χ1n) is 5.78. The number of ether oxygens (including phenoxy) is 1. The topological polar surface area (TPSA) is 66.8 Å². The molecule has 19 heavy (non-hydrogen) atoms. The number of ketones is 1. The fraction of sp³-hybridized carbons (Fsp3) is 0.133. The van der Waals surface area contributed by atoms with Gasteiger partial charge in [-0.05, 0) is 35.9 Å². The average Bonchev–Trinajstić information content (AvgIpc) is 2.42. The number of Topliss-reactive ketones (excluding diaryl/α,β-unsaturated/α-hetero) is 1. The van der Waals surface area contributed by atoms with Gasteiger partial charge in [-0.1, -0.05) is 12.1 Å². The van der Waals surface area contributed by atoms with Crippen LogP contribution in [0.3, 0.4) is 0 Å². The molecule has 4 heteroatoms. The van der Waals surface area contributed by atoms with Crippen molar-refractivity contribution < 1.29 is 19.7 Å². The van der Waals surface area contributed by atoms with Crippen molar-refractivity contribution >= 4 is 5.78 Å². The number of phenolic OH excluding ortho intramolecular Hbond substituents is 2. The Bertz CT molecular complexity index is 588. The number of phenols is 2. The minimum Gasteiger partial charge on any atom is -0.508 e. The summed E-state index contributed by atoms with van der Waals surface area (Å²) in [6.07, 6.45) is 0.154. The third kappa shape index (κ3) is 3.04. The molecule has 2 aromatic rings. The normalized spacial score (nSPS) is 10.2. The van der Waals surface area contributed by atoms with Gasteiger partial charge in [0.25, 0.3) is 0 Å². The highest BCUT2D eigenvalue weighted by Gasteiger charge is 2.12. The summed E-state index contributed by atoms with van der Waals surface area (Å²) in [7, 11) is 1.57. The molecule has 0 saturated heterocycles. The molecule has 98 valence electrons. The third-order valence-electron chi connectivity index (χ3n) is 2.80. The second-order valence-corrected chi connectivity index (χ2v) is 4.15. The molecule has 0 aromatic heterocycles. The van der Waals surface area contributed by atoms with Crippen molar-refractivity contribution in [2.45, 2.75) is 6.42 Å². The number of benzene rings is 2. The van der Waals surface area contributed by atoms with Crippen LogP contribution in [0.4, 0.5) is 0 Å². The van der Waals surface area contributed by atoms with Gasteiger partial charge in [0, 0.05) is 6.42 Å². The Kier molecular flexibility index (Phi) is 3.71. The molecule has 0 amide bonds. The van der Waals surface area contributed by atoms with Crippen molar-refractivity contribution in [2.75, 3.05) is 7.11 Å². The highest BCUT2D eigenvalue weighted by atomic mass is 16.5. The van der Waals surface area contributed by atoms with Crippen molar-refractivity contribution in [3.8, 4) is 17.2 Å². The Morgan fingerprint density at radius 3 is 2.42 bits per heavy atom. The van der Waals surface area contributed by atoms with E-state index in [0.717, 1.165) is 11.3 Å². The maximum absolute atomic E-state index is 12.0. The van der Waals surface area contributed by atoms with Crippen LogP contribution in [0.15, 0.2) is 42.5 Å². The van der Waals surface area contributed by atoms with E-state index in [1.807, 2.05) is 0 Å². The Hall–Kier alpha value is -2.49. The van der Waals surface area contributed by atoms with E-state index in [4.69, 9.17) is 4.74 Å². The second-order valence-electron chi connectivity index (χ2n) is 4.15. The molecule has 0 spiro atoms. The summed E-state index contributed by atoms with van der Waals surface area (Å²) in [5.41, 5.74) is 0.935. The van der Waals surface area contributed by atoms with Gasteiger partial charge in [0.1, 0.15) is 17.2 Å². The fourth-order valence-corrected chi connectivity index (χ4v) is 1.77. The Balaban J connectivity index is 2.18. The van der Waals surface area contributed by atoms with Gasteiger partial charge in [0.2, 0.25) is 0 Å². The van der Waals surface area contributed by atoms with Crippen molar-refractivity contribution in [1.82, 2.24) is 0 Å². The van der Waals surface area contributed by atoms with Gasteiger partial charge < -0.3 is 14.9 Å². The van der Waals surface area contributed by atoms with E-state index in [1.54, 1.807) is 31.4 Å². The predicted octanol–water partition coefficient (Wildman–Crippen LogP) is 2.53. The van der Waals surface area contributed by atoms with Crippen LogP contribution in [0.25, 0.3) is 0 Å². The van der Waals surface area contributed by atoms with Crippen molar-refractivity contribution in [3.63, 3.8) is 0 Å². The summed E-state index contributed by atoms with van der Waals surface area (Å²) in [5.74, 6) is 0.294. The van der Waals surface area contributed by atoms with E-state index >= 15 is 0 Å². The van der Waals surface area contributed by atoms with Gasteiger partial charge in [-0.15, -0.1) is 0 Å². The second kappa shape index (κ2) is 5.44.